The van der Waals surface area contributed by atoms with Gasteiger partial charge < -0.3 is 15.7 Å². The Morgan fingerprint density at radius 2 is 1.84 bits per heavy atom. The Kier molecular flexibility index (Phi) is 6.41. The molecule has 0 aromatic carbocycles. The van der Waals surface area contributed by atoms with Crippen LogP contribution < -0.4 is 10.6 Å². The molecule has 1 heterocycles. The third kappa shape index (κ3) is 4.59. The van der Waals surface area contributed by atoms with Crippen molar-refractivity contribution in [2.75, 3.05) is 23.7 Å². The van der Waals surface area contributed by atoms with Gasteiger partial charge in [0.2, 0.25) is 0 Å². The number of hydrogen-bond donors (Lipinski definition) is 3. The minimum absolute atomic E-state index is 0.239. The quantitative estimate of drug-likeness (QED) is 0.675. The summed E-state index contributed by atoms with van der Waals surface area (Å²) in [6, 6.07) is 0. The van der Waals surface area contributed by atoms with Gasteiger partial charge in [-0.15, -0.1) is 0 Å². The lowest BCUT2D eigenvalue weighted by Crippen LogP contribution is -2.27. The lowest BCUT2D eigenvalue weighted by molar-refractivity contribution is 0.00380. The van der Waals surface area contributed by atoms with Gasteiger partial charge in [-0.25, -0.2) is 18.7 Å². The van der Waals surface area contributed by atoms with Gasteiger partial charge in [0.05, 0.1) is 0 Å². The molecule has 0 saturated heterocycles. The van der Waals surface area contributed by atoms with Crippen LogP contribution in [0.1, 0.15) is 25.8 Å². The molecular weight excluding hydrogens is 254 g/mol. The monoisotopic (exact) mass is 274 g/mol. The van der Waals surface area contributed by atoms with Crippen molar-refractivity contribution in [3.05, 3.63) is 11.9 Å². The largest absolute Gasteiger partial charge is 0.385 e. The molecule has 0 radical (unpaired) electrons. The maximum Gasteiger partial charge on any atom is 0.265 e. The molecule has 1 aromatic heterocycles. The van der Waals surface area contributed by atoms with Gasteiger partial charge in [-0.05, 0) is 13.3 Å². The molecule has 1 unspecified atom stereocenters. The molecule has 0 aliphatic heterocycles. The number of alkyl halides is 2. The van der Waals surface area contributed by atoms with Gasteiger partial charge in [-0.1, -0.05) is 13.3 Å². The minimum Gasteiger partial charge on any atom is -0.385 e. The van der Waals surface area contributed by atoms with Crippen molar-refractivity contribution in [1.29, 1.82) is 0 Å². The Balaban J connectivity index is 2.83. The number of aliphatic hydroxyl groups excluding tert-OH is 1. The highest BCUT2D eigenvalue weighted by molar-refractivity contribution is 5.57. The standard InChI is InChI=1S/C12H20F2N4O/c1-3-5-8-11(15-4-2)17-7-18-12(8)16-6-9(19)10(13)14/h7,9-10,19H,3-6H2,1-2H3,(H2,15,16,17,18). The highest BCUT2D eigenvalue weighted by Crippen LogP contribution is 2.21. The fraction of sp³-hybridized carbons (Fsp3) is 0.667. The summed E-state index contributed by atoms with van der Waals surface area (Å²) in [5.74, 6) is 1.20. The molecule has 1 rings (SSSR count). The second kappa shape index (κ2) is 7.83. The zero-order valence-corrected chi connectivity index (χ0v) is 11.2. The average Bonchev–Trinajstić information content (AvgIpc) is 2.39. The van der Waals surface area contributed by atoms with E-state index in [4.69, 9.17) is 5.11 Å². The first kappa shape index (κ1) is 15.6. The van der Waals surface area contributed by atoms with E-state index < -0.39 is 12.5 Å². The Morgan fingerprint density at radius 1 is 1.21 bits per heavy atom. The Labute approximate surface area is 111 Å². The first-order valence-electron chi connectivity index (χ1n) is 6.37. The Bertz CT molecular complexity index is 390. The van der Waals surface area contributed by atoms with Crippen LogP contribution in [-0.2, 0) is 6.42 Å². The minimum atomic E-state index is -2.77. The molecule has 0 saturated carbocycles. The molecule has 3 N–H and O–H groups in total. The third-order valence-corrected chi connectivity index (χ3v) is 2.56. The first-order chi connectivity index (χ1) is 9.10. The van der Waals surface area contributed by atoms with Crippen molar-refractivity contribution in [3.63, 3.8) is 0 Å². The smallest absolute Gasteiger partial charge is 0.265 e. The van der Waals surface area contributed by atoms with Gasteiger partial charge in [-0.3, -0.25) is 0 Å². The number of nitrogens with one attached hydrogen (secondary N) is 2. The van der Waals surface area contributed by atoms with E-state index in [-0.39, 0.29) is 6.54 Å². The number of aromatic nitrogens is 2. The van der Waals surface area contributed by atoms with E-state index in [9.17, 15) is 8.78 Å². The van der Waals surface area contributed by atoms with Crippen molar-refractivity contribution in [3.8, 4) is 0 Å². The molecule has 0 spiro atoms. The maximum absolute atomic E-state index is 12.2. The summed E-state index contributed by atoms with van der Waals surface area (Å²) in [6.07, 6.45) is -1.48. The van der Waals surface area contributed by atoms with Crippen molar-refractivity contribution in [2.24, 2.45) is 0 Å². The van der Waals surface area contributed by atoms with Gasteiger partial charge in [0.25, 0.3) is 6.43 Å². The molecule has 5 nitrogen and oxygen atoms in total. The van der Waals surface area contributed by atoms with Crippen LogP contribution in [-0.4, -0.2) is 40.7 Å². The highest BCUT2D eigenvalue weighted by atomic mass is 19.3. The molecule has 7 heteroatoms. The normalized spacial score (nSPS) is 12.5. The van der Waals surface area contributed by atoms with Crippen LogP contribution in [0.5, 0.6) is 0 Å². The second-order valence-corrected chi connectivity index (χ2v) is 4.11. The summed E-state index contributed by atoms with van der Waals surface area (Å²) in [5.41, 5.74) is 0.855. The second-order valence-electron chi connectivity index (χ2n) is 4.11. The number of hydrogen-bond acceptors (Lipinski definition) is 5. The van der Waals surface area contributed by atoms with Crippen molar-refractivity contribution < 1.29 is 13.9 Å². The molecule has 0 aliphatic carbocycles. The van der Waals surface area contributed by atoms with Gasteiger partial charge in [0.15, 0.2) is 0 Å². The van der Waals surface area contributed by atoms with Crippen molar-refractivity contribution >= 4 is 11.6 Å². The van der Waals surface area contributed by atoms with E-state index in [1.807, 2.05) is 13.8 Å². The maximum atomic E-state index is 12.2. The van der Waals surface area contributed by atoms with Gasteiger partial charge >= 0.3 is 0 Å². The van der Waals surface area contributed by atoms with Gasteiger partial charge in [0.1, 0.15) is 24.1 Å². The number of nitrogens with zero attached hydrogens (tertiary/aromatic N) is 2. The number of aliphatic hydroxyl groups is 1. The predicted octanol–water partition coefficient (Wildman–Crippen LogP) is 1.90. The molecule has 0 amide bonds. The van der Waals surface area contributed by atoms with Crippen LogP contribution in [0, 0.1) is 0 Å². The number of anilines is 2. The van der Waals surface area contributed by atoms with E-state index >= 15 is 0 Å². The van der Waals surface area contributed by atoms with Crippen LogP contribution in [0.4, 0.5) is 20.4 Å². The lowest BCUT2D eigenvalue weighted by Gasteiger charge is -2.16. The van der Waals surface area contributed by atoms with Crippen LogP contribution in [0.25, 0.3) is 0 Å². The summed E-state index contributed by atoms with van der Waals surface area (Å²) >= 11 is 0. The van der Waals surface area contributed by atoms with Gasteiger partial charge in [0, 0.05) is 18.7 Å². The first-order valence-corrected chi connectivity index (χ1v) is 6.37. The molecule has 108 valence electrons. The predicted molar refractivity (Wildman–Crippen MR) is 70.7 cm³/mol. The van der Waals surface area contributed by atoms with E-state index in [1.165, 1.54) is 6.33 Å². The summed E-state index contributed by atoms with van der Waals surface area (Å²) in [6.45, 7) is 4.44. The van der Waals surface area contributed by atoms with Crippen LogP contribution in [0.3, 0.4) is 0 Å². The molecular formula is C12H20F2N4O. The summed E-state index contributed by atoms with van der Waals surface area (Å²) in [7, 11) is 0. The number of halogens is 2. The fourth-order valence-corrected chi connectivity index (χ4v) is 1.66. The van der Waals surface area contributed by atoms with E-state index in [0.717, 1.165) is 18.4 Å². The van der Waals surface area contributed by atoms with Crippen molar-refractivity contribution in [2.45, 2.75) is 39.2 Å². The summed E-state index contributed by atoms with van der Waals surface area (Å²) in [5, 5.41) is 15.0. The zero-order valence-electron chi connectivity index (χ0n) is 11.2. The Hall–Kier alpha value is -1.50. The molecule has 1 atom stereocenters. The third-order valence-electron chi connectivity index (χ3n) is 2.56. The van der Waals surface area contributed by atoms with E-state index in [1.54, 1.807) is 0 Å². The molecule has 19 heavy (non-hydrogen) atoms. The molecule has 1 aromatic rings. The highest BCUT2D eigenvalue weighted by Gasteiger charge is 2.18. The molecule has 0 fully saturated rings. The van der Waals surface area contributed by atoms with E-state index in [2.05, 4.69) is 20.6 Å². The fourth-order valence-electron chi connectivity index (χ4n) is 1.66. The SMILES string of the molecule is CCCc1c(NCC)ncnc1NCC(O)C(F)F. The topological polar surface area (TPSA) is 70.1 Å². The van der Waals surface area contributed by atoms with Crippen molar-refractivity contribution in [1.82, 2.24) is 9.97 Å². The lowest BCUT2D eigenvalue weighted by atomic mass is 10.1. The molecule has 0 bridgehead atoms. The van der Waals surface area contributed by atoms with Crippen LogP contribution >= 0.6 is 0 Å². The average molecular weight is 274 g/mol. The Morgan fingerprint density at radius 3 is 2.37 bits per heavy atom. The van der Waals surface area contributed by atoms with Gasteiger partial charge in [-0.2, -0.15) is 0 Å². The summed E-state index contributed by atoms with van der Waals surface area (Å²) < 4.78 is 24.5. The summed E-state index contributed by atoms with van der Waals surface area (Å²) in [4.78, 5) is 8.19. The molecule has 0 aliphatic rings. The zero-order chi connectivity index (χ0) is 14.3. The van der Waals surface area contributed by atoms with Crippen LogP contribution in [0.2, 0.25) is 0 Å². The van der Waals surface area contributed by atoms with Crippen LogP contribution in [0.15, 0.2) is 6.33 Å². The van der Waals surface area contributed by atoms with E-state index in [0.29, 0.717) is 18.2 Å². The number of rotatable bonds is 8.